The molecule has 0 unspecified atom stereocenters. The number of likely N-dealkylation sites (tertiary alicyclic amines) is 1. The highest BCUT2D eigenvalue weighted by Gasteiger charge is 2.40. The van der Waals surface area contributed by atoms with E-state index in [2.05, 4.69) is 16.0 Å². The molecule has 7 N–H and O–H groups in total. The lowest BCUT2D eigenvalue weighted by Crippen LogP contribution is -2.60. The largest absolute Gasteiger partial charge is 0.480 e. The highest BCUT2D eigenvalue weighted by molar-refractivity contribution is 5.95. The predicted octanol–water partition coefficient (Wildman–Crippen LogP) is -0.764. The highest BCUT2D eigenvalue weighted by Crippen LogP contribution is 2.20. The molecule has 1 fully saturated rings. The van der Waals surface area contributed by atoms with Gasteiger partial charge in [-0.15, -0.1) is 0 Å². The summed E-state index contributed by atoms with van der Waals surface area (Å²) < 4.78 is 0. The van der Waals surface area contributed by atoms with Crippen LogP contribution in [0.1, 0.15) is 72.1 Å². The molecule has 0 bridgehead atoms. The topological polar surface area (TPSA) is 191 Å². The Balaban J connectivity index is 2.94. The fourth-order valence-electron chi connectivity index (χ4n) is 4.06. The normalized spacial score (nSPS) is 18.8. The van der Waals surface area contributed by atoms with E-state index in [0.717, 1.165) is 6.42 Å². The zero-order valence-electron chi connectivity index (χ0n) is 20.9. The van der Waals surface area contributed by atoms with Gasteiger partial charge in [0.05, 0.1) is 6.10 Å². The number of nitrogens with two attached hydrogens (primary N) is 1. The smallest absolute Gasteiger partial charge is 0.326 e. The van der Waals surface area contributed by atoms with Crippen molar-refractivity contribution in [3.05, 3.63) is 0 Å². The standard InChI is InChI=1S/C23H41N5O7/c1-4-5-9-16(25-15(3)30)20(31)27-19(14(2)29)22(33)28-13-8-11-18(28)21(32)26-17(23(34)35)10-6-7-12-24/h14,16-19,29H,4-13,24H2,1-3H3,(H,25,30)(H,26,32)(H,27,31)(H,34,35)/t14-,16+,17+,18+,19+/m1/s1. The van der Waals surface area contributed by atoms with Crippen LogP contribution < -0.4 is 21.7 Å². The van der Waals surface area contributed by atoms with E-state index in [1.165, 1.54) is 18.7 Å². The summed E-state index contributed by atoms with van der Waals surface area (Å²) in [5.74, 6) is -3.39. The van der Waals surface area contributed by atoms with Crippen LogP contribution in [-0.4, -0.2) is 88.1 Å². The first-order chi connectivity index (χ1) is 16.5. The van der Waals surface area contributed by atoms with Crippen molar-refractivity contribution in [3.63, 3.8) is 0 Å². The van der Waals surface area contributed by atoms with Crippen molar-refractivity contribution in [2.75, 3.05) is 13.1 Å². The molecule has 1 saturated heterocycles. The molecule has 1 heterocycles. The summed E-state index contributed by atoms with van der Waals surface area (Å²) in [6.07, 6.45) is 2.81. The lowest BCUT2D eigenvalue weighted by molar-refractivity contribution is -0.146. The monoisotopic (exact) mass is 499 g/mol. The number of rotatable bonds is 15. The molecule has 1 rings (SSSR count). The van der Waals surface area contributed by atoms with Gasteiger partial charge in [0.1, 0.15) is 24.2 Å². The van der Waals surface area contributed by atoms with Crippen molar-refractivity contribution in [2.45, 2.75) is 102 Å². The van der Waals surface area contributed by atoms with E-state index < -0.39 is 59.9 Å². The van der Waals surface area contributed by atoms with Crippen molar-refractivity contribution in [1.29, 1.82) is 0 Å². The van der Waals surface area contributed by atoms with Gasteiger partial charge >= 0.3 is 5.97 Å². The van der Waals surface area contributed by atoms with E-state index >= 15 is 0 Å². The third kappa shape index (κ3) is 9.81. The first-order valence-corrected chi connectivity index (χ1v) is 12.3. The second kappa shape index (κ2) is 15.3. The van der Waals surface area contributed by atoms with E-state index in [1.807, 2.05) is 6.92 Å². The fourth-order valence-corrected chi connectivity index (χ4v) is 4.06. The Labute approximate surface area is 206 Å². The molecule has 200 valence electrons. The van der Waals surface area contributed by atoms with Gasteiger partial charge in [0, 0.05) is 13.5 Å². The van der Waals surface area contributed by atoms with Crippen molar-refractivity contribution < 1.29 is 34.2 Å². The Hall–Kier alpha value is -2.73. The lowest BCUT2D eigenvalue weighted by Gasteiger charge is -2.31. The third-order valence-corrected chi connectivity index (χ3v) is 5.99. The first-order valence-electron chi connectivity index (χ1n) is 12.3. The first kappa shape index (κ1) is 30.3. The van der Waals surface area contributed by atoms with Crippen LogP contribution in [0.25, 0.3) is 0 Å². The van der Waals surface area contributed by atoms with E-state index in [4.69, 9.17) is 5.73 Å². The SMILES string of the molecule is CCCC[C@H](NC(C)=O)C(=O)N[C@H](C(=O)N1CCC[C@H]1C(=O)N[C@@H](CCCCN)C(=O)O)[C@@H](C)O. The highest BCUT2D eigenvalue weighted by atomic mass is 16.4. The molecular formula is C23H41N5O7. The minimum atomic E-state index is -1.33. The average molecular weight is 500 g/mol. The van der Waals surface area contributed by atoms with Gasteiger partial charge in [-0.2, -0.15) is 0 Å². The van der Waals surface area contributed by atoms with Crippen molar-refractivity contribution in [2.24, 2.45) is 5.73 Å². The minimum absolute atomic E-state index is 0.216. The number of carbonyl (C=O) groups is 5. The Kier molecular flexibility index (Phi) is 13.2. The number of aliphatic hydroxyl groups excluding tert-OH is 1. The van der Waals surface area contributed by atoms with Crippen LogP contribution in [0.4, 0.5) is 0 Å². The number of aliphatic hydroxyl groups is 1. The van der Waals surface area contributed by atoms with Gasteiger partial charge in [-0.05, 0) is 52.0 Å². The van der Waals surface area contributed by atoms with Crippen LogP contribution in [0.5, 0.6) is 0 Å². The van der Waals surface area contributed by atoms with Gasteiger partial charge in [-0.25, -0.2) is 4.79 Å². The Morgan fingerprint density at radius 2 is 1.69 bits per heavy atom. The van der Waals surface area contributed by atoms with Crippen molar-refractivity contribution in [1.82, 2.24) is 20.9 Å². The molecule has 0 aromatic rings. The number of hydrogen-bond acceptors (Lipinski definition) is 7. The summed E-state index contributed by atoms with van der Waals surface area (Å²) in [5.41, 5.74) is 5.45. The van der Waals surface area contributed by atoms with E-state index in [0.29, 0.717) is 45.1 Å². The number of nitrogens with zero attached hydrogens (tertiary/aromatic N) is 1. The molecule has 0 spiro atoms. The lowest BCUT2D eigenvalue weighted by atomic mass is 10.1. The van der Waals surface area contributed by atoms with Crippen LogP contribution in [0, 0.1) is 0 Å². The number of aliphatic carboxylic acids is 1. The maximum absolute atomic E-state index is 13.3. The molecule has 4 amide bonds. The van der Waals surface area contributed by atoms with Crippen LogP contribution >= 0.6 is 0 Å². The molecule has 12 nitrogen and oxygen atoms in total. The summed E-state index contributed by atoms with van der Waals surface area (Å²) in [6.45, 7) is 5.23. The Morgan fingerprint density at radius 1 is 1.03 bits per heavy atom. The second-order valence-corrected chi connectivity index (χ2v) is 9.00. The Morgan fingerprint density at radius 3 is 2.23 bits per heavy atom. The average Bonchev–Trinajstić information content (AvgIpc) is 3.28. The third-order valence-electron chi connectivity index (χ3n) is 5.99. The molecule has 0 aromatic heterocycles. The second-order valence-electron chi connectivity index (χ2n) is 9.00. The summed E-state index contributed by atoms with van der Waals surface area (Å²) in [4.78, 5) is 63.3. The van der Waals surface area contributed by atoms with Crippen LogP contribution in [0.3, 0.4) is 0 Å². The van der Waals surface area contributed by atoms with Gasteiger partial charge in [-0.3, -0.25) is 19.2 Å². The van der Waals surface area contributed by atoms with Gasteiger partial charge in [-0.1, -0.05) is 19.8 Å². The molecule has 0 radical (unpaired) electrons. The summed E-state index contributed by atoms with van der Waals surface area (Å²) >= 11 is 0. The number of nitrogens with one attached hydrogen (secondary N) is 3. The number of carboxylic acid groups (broad SMARTS) is 1. The van der Waals surface area contributed by atoms with Crippen molar-refractivity contribution >= 4 is 29.6 Å². The summed E-state index contributed by atoms with van der Waals surface area (Å²) in [5, 5.41) is 27.3. The zero-order chi connectivity index (χ0) is 26.5. The molecule has 0 saturated carbocycles. The fraction of sp³-hybridized carbons (Fsp3) is 0.783. The quantitative estimate of drug-likeness (QED) is 0.158. The number of carboxylic acids is 1. The maximum Gasteiger partial charge on any atom is 0.326 e. The van der Waals surface area contributed by atoms with Gasteiger partial charge in [0.25, 0.3) is 0 Å². The summed E-state index contributed by atoms with van der Waals surface area (Å²) in [7, 11) is 0. The molecule has 0 aliphatic carbocycles. The van der Waals surface area contributed by atoms with Crippen molar-refractivity contribution in [3.8, 4) is 0 Å². The number of unbranched alkanes of at least 4 members (excludes halogenated alkanes) is 2. The van der Waals surface area contributed by atoms with Gasteiger partial charge in [0.2, 0.25) is 23.6 Å². The van der Waals surface area contributed by atoms with Gasteiger partial charge in [0.15, 0.2) is 0 Å². The molecule has 1 aliphatic heterocycles. The van der Waals surface area contributed by atoms with Gasteiger partial charge < -0.3 is 36.8 Å². The number of carbonyl (C=O) groups excluding carboxylic acids is 4. The van der Waals surface area contributed by atoms with Crippen LogP contribution in [0.2, 0.25) is 0 Å². The Bertz CT molecular complexity index is 746. The number of amides is 4. The minimum Gasteiger partial charge on any atom is -0.480 e. The molecule has 0 aromatic carbocycles. The van der Waals surface area contributed by atoms with E-state index in [-0.39, 0.29) is 13.0 Å². The summed E-state index contributed by atoms with van der Waals surface area (Å²) in [6, 6.07) is -4.20. The molecule has 1 aliphatic rings. The molecule has 12 heteroatoms. The number of hydrogen-bond donors (Lipinski definition) is 6. The maximum atomic E-state index is 13.3. The van der Waals surface area contributed by atoms with Crippen LogP contribution in [0.15, 0.2) is 0 Å². The van der Waals surface area contributed by atoms with E-state index in [9.17, 15) is 34.2 Å². The molecule has 5 atom stereocenters. The van der Waals surface area contributed by atoms with Crippen LogP contribution in [-0.2, 0) is 24.0 Å². The zero-order valence-corrected chi connectivity index (χ0v) is 20.9. The molecule has 35 heavy (non-hydrogen) atoms. The van der Waals surface area contributed by atoms with E-state index in [1.54, 1.807) is 0 Å². The molecular weight excluding hydrogens is 458 g/mol. The predicted molar refractivity (Wildman–Crippen MR) is 128 cm³/mol.